The van der Waals surface area contributed by atoms with Gasteiger partial charge in [0.25, 0.3) is 0 Å². The Kier molecular flexibility index (Phi) is 23.0. The van der Waals surface area contributed by atoms with E-state index in [0.717, 1.165) is 64.7 Å². The van der Waals surface area contributed by atoms with Crippen LogP contribution in [0.3, 0.4) is 0 Å². The molecule has 0 aromatic heterocycles. The fourth-order valence-electron chi connectivity index (χ4n) is 3.57. The highest BCUT2D eigenvalue weighted by molar-refractivity contribution is 6.01. The lowest BCUT2D eigenvalue weighted by atomic mass is 9.91. The summed E-state index contributed by atoms with van der Waals surface area (Å²) in [5, 5.41) is 15.6. The van der Waals surface area contributed by atoms with Crippen LogP contribution >= 0.6 is 0 Å². The van der Waals surface area contributed by atoms with E-state index in [-0.39, 0.29) is 24.0 Å². The average molecular weight is 502 g/mol. The molecule has 0 aliphatic carbocycles. The van der Waals surface area contributed by atoms with Gasteiger partial charge in [0.2, 0.25) is 11.8 Å². The molecule has 9 N–H and O–H groups in total. The molecule has 35 heavy (non-hydrogen) atoms. The highest BCUT2D eigenvalue weighted by atomic mass is 16.5. The zero-order valence-corrected chi connectivity index (χ0v) is 22.0. The molecule has 0 aromatic rings. The maximum absolute atomic E-state index is 12.9. The Balaban J connectivity index is 4.74. The third-order valence-electron chi connectivity index (χ3n) is 5.51. The van der Waals surface area contributed by atoms with Crippen molar-refractivity contribution in [1.82, 2.24) is 26.6 Å². The molecular formula is C24H51N7O4. The number of nitrogens with one attached hydrogen (secondary N) is 5. The molecular weight excluding hydrogens is 450 g/mol. The summed E-state index contributed by atoms with van der Waals surface area (Å²) in [7, 11) is 1.65. The number of unbranched alkanes of at least 4 members (excludes halogenated alkanes) is 1. The molecule has 2 amide bonds. The molecule has 0 spiro atoms. The number of methoxy groups -OCH3 is 1. The van der Waals surface area contributed by atoms with Crippen molar-refractivity contribution >= 4 is 17.6 Å². The molecule has 0 saturated heterocycles. The van der Waals surface area contributed by atoms with E-state index in [1.54, 1.807) is 7.11 Å². The molecule has 2 unspecified atom stereocenters. The lowest BCUT2D eigenvalue weighted by molar-refractivity contribution is -0.134. The highest BCUT2D eigenvalue weighted by Crippen LogP contribution is 2.11. The van der Waals surface area contributed by atoms with Crippen LogP contribution in [0.25, 0.3) is 0 Å². The second kappa shape index (κ2) is 24.1. The van der Waals surface area contributed by atoms with Gasteiger partial charge in [0.05, 0.1) is 0 Å². The predicted molar refractivity (Wildman–Crippen MR) is 140 cm³/mol. The number of ketones is 1. The smallest absolute Gasteiger partial charge is 0.232 e. The standard InChI is InChI=1S/C24H51N7O4/c1-20(32)23(24(34)31-17-8-14-28-12-6-10-26)21(29-15-3-4-18-35-2)19-22(33)30-16-7-13-27-11-5-9-25/h21,23,27-29H,3-19,25-26H2,1-2H3,(H,30,33)(H,31,34). The van der Waals surface area contributed by atoms with E-state index in [9.17, 15) is 14.4 Å². The first kappa shape index (κ1) is 33.4. The zero-order valence-electron chi connectivity index (χ0n) is 22.0. The Morgan fingerprint density at radius 1 is 0.743 bits per heavy atom. The van der Waals surface area contributed by atoms with Crippen molar-refractivity contribution in [2.45, 2.75) is 57.9 Å². The normalized spacial score (nSPS) is 12.8. The van der Waals surface area contributed by atoms with Crippen LogP contribution in [0.4, 0.5) is 0 Å². The van der Waals surface area contributed by atoms with E-state index in [2.05, 4.69) is 26.6 Å². The fraction of sp³-hybridized carbons (Fsp3) is 0.875. The molecule has 0 aliphatic rings. The monoisotopic (exact) mass is 501 g/mol. The van der Waals surface area contributed by atoms with Crippen molar-refractivity contribution < 1.29 is 19.1 Å². The van der Waals surface area contributed by atoms with Gasteiger partial charge in [-0.15, -0.1) is 0 Å². The average Bonchev–Trinajstić information content (AvgIpc) is 2.82. The number of ether oxygens (including phenoxy) is 1. The first-order valence-electron chi connectivity index (χ1n) is 13.1. The summed E-state index contributed by atoms with van der Waals surface area (Å²) in [5.41, 5.74) is 10.9. The Labute approximate surface area is 211 Å². The van der Waals surface area contributed by atoms with Gasteiger partial charge in [-0.25, -0.2) is 0 Å². The fourth-order valence-corrected chi connectivity index (χ4v) is 3.57. The molecule has 2 atom stereocenters. The molecule has 0 aliphatic heterocycles. The second-order valence-corrected chi connectivity index (χ2v) is 8.69. The van der Waals surface area contributed by atoms with Crippen LogP contribution < -0.4 is 38.1 Å². The van der Waals surface area contributed by atoms with Crippen molar-refractivity contribution in [3.05, 3.63) is 0 Å². The maximum Gasteiger partial charge on any atom is 0.232 e. The van der Waals surface area contributed by atoms with Gasteiger partial charge >= 0.3 is 0 Å². The lowest BCUT2D eigenvalue weighted by Crippen LogP contribution is -2.50. The minimum atomic E-state index is -0.925. The first-order valence-corrected chi connectivity index (χ1v) is 13.1. The van der Waals surface area contributed by atoms with Crippen LogP contribution in [0.2, 0.25) is 0 Å². The van der Waals surface area contributed by atoms with E-state index in [1.165, 1.54) is 6.92 Å². The quantitative estimate of drug-likeness (QED) is 0.0602. The number of amides is 2. The minimum Gasteiger partial charge on any atom is -0.385 e. The van der Waals surface area contributed by atoms with E-state index in [0.29, 0.717) is 39.3 Å². The minimum absolute atomic E-state index is 0.0587. The van der Waals surface area contributed by atoms with Crippen molar-refractivity contribution in [2.24, 2.45) is 17.4 Å². The number of carbonyl (C=O) groups excluding carboxylic acids is 3. The molecule has 11 nitrogen and oxygen atoms in total. The lowest BCUT2D eigenvalue weighted by Gasteiger charge is -2.25. The van der Waals surface area contributed by atoms with Crippen molar-refractivity contribution in [2.75, 3.05) is 72.6 Å². The number of hydrogen-bond donors (Lipinski definition) is 7. The third-order valence-corrected chi connectivity index (χ3v) is 5.51. The Bertz CT molecular complexity index is 552. The second-order valence-electron chi connectivity index (χ2n) is 8.69. The summed E-state index contributed by atoms with van der Waals surface area (Å²) in [4.78, 5) is 37.9. The van der Waals surface area contributed by atoms with Gasteiger partial charge in [-0.1, -0.05) is 0 Å². The van der Waals surface area contributed by atoms with Crippen molar-refractivity contribution in [1.29, 1.82) is 0 Å². The number of Topliss-reactive ketones (excluding diaryl/α,β-unsaturated/α-hetero) is 1. The van der Waals surface area contributed by atoms with Crippen molar-refractivity contribution in [3.8, 4) is 0 Å². The summed E-state index contributed by atoms with van der Waals surface area (Å²) in [6.07, 6.45) is 5.10. The number of nitrogens with two attached hydrogens (primary N) is 2. The van der Waals surface area contributed by atoms with Crippen LogP contribution in [0.1, 0.15) is 51.9 Å². The maximum atomic E-state index is 12.9. The molecule has 0 heterocycles. The largest absolute Gasteiger partial charge is 0.385 e. The number of carbonyl (C=O) groups is 3. The summed E-state index contributed by atoms with van der Waals surface area (Å²) < 4.78 is 5.08. The topological polar surface area (TPSA) is 173 Å². The molecule has 206 valence electrons. The number of rotatable bonds is 25. The summed E-state index contributed by atoms with van der Waals surface area (Å²) >= 11 is 0. The van der Waals surface area contributed by atoms with E-state index < -0.39 is 12.0 Å². The summed E-state index contributed by atoms with van der Waals surface area (Å²) in [5.74, 6) is -1.70. The Morgan fingerprint density at radius 3 is 1.86 bits per heavy atom. The van der Waals surface area contributed by atoms with Gasteiger partial charge < -0.3 is 42.8 Å². The zero-order chi connectivity index (χ0) is 26.2. The van der Waals surface area contributed by atoms with Gasteiger partial charge in [-0.05, 0) is 91.3 Å². The van der Waals surface area contributed by atoms with E-state index in [4.69, 9.17) is 16.2 Å². The van der Waals surface area contributed by atoms with Crippen LogP contribution in [-0.2, 0) is 19.1 Å². The molecule has 0 radical (unpaired) electrons. The number of hydrogen-bond acceptors (Lipinski definition) is 9. The van der Waals surface area contributed by atoms with Crippen LogP contribution in [0.5, 0.6) is 0 Å². The van der Waals surface area contributed by atoms with Gasteiger partial charge in [0.1, 0.15) is 11.7 Å². The SMILES string of the molecule is COCCCCNC(CC(=O)NCCCNCCCN)C(C(C)=O)C(=O)NCCCNCCCN. The molecule has 0 rings (SSSR count). The highest BCUT2D eigenvalue weighted by Gasteiger charge is 2.33. The van der Waals surface area contributed by atoms with Crippen LogP contribution in [0.15, 0.2) is 0 Å². The Morgan fingerprint density at radius 2 is 1.31 bits per heavy atom. The molecule has 0 fully saturated rings. The van der Waals surface area contributed by atoms with Gasteiger partial charge in [-0.2, -0.15) is 0 Å². The summed E-state index contributed by atoms with van der Waals surface area (Å²) in [6, 6.07) is -0.569. The van der Waals surface area contributed by atoms with E-state index >= 15 is 0 Å². The van der Waals surface area contributed by atoms with Crippen molar-refractivity contribution in [3.63, 3.8) is 0 Å². The molecule has 0 bridgehead atoms. The van der Waals surface area contributed by atoms with Gasteiger partial charge in [0, 0.05) is 39.3 Å². The Hall–Kier alpha value is -1.63. The molecule has 0 saturated carbocycles. The van der Waals surface area contributed by atoms with Crippen LogP contribution in [-0.4, -0.2) is 96.3 Å². The first-order chi connectivity index (χ1) is 17.0. The summed E-state index contributed by atoms with van der Waals surface area (Å²) in [6.45, 7) is 8.18. The van der Waals surface area contributed by atoms with Gasteiger partial charge in [0.15, 0.2) is 0 Å². The molecule has 11 heteroatoms. The predicted octanol–water partition coefficient (Wildman–Crippen LogP) is -1.14. The molecule has 0 aromatic carbocycles. The van der Waals surface area contributed by atoms with E-state index in [1.807, 2.05) is 0 Å². The third kappa shape index (κ3) is 19.3. The van der Waals surface area contributed by atoms with Crippen LogP contribution in [0, 0.1) is 5.92 Å². The van der Waals surface area contributed by atoms with Gasteiger partial charge in [-0.3, -0.25) is 14.4 Å².